The number of anilines is 2. The van der Waals surface area contributed by atoms with Crippen molar-refractivity contribution in [3.05, 3.63) is 107 Å². The number of pyridine rings is 1. The summed E-state index contributed by atoms with van der Waals surface area (Å²) in [6, 6.07) is 24.4. The van der Waals surface area contributed by atoms with Gasteiger partial charge in [0, 0.05) is 85.2 Å². The van der Waals surface area contributed by atoms with E-state index in [9.17, 15) is 14.4 Å². The molecule has 3 aromatic heterocycles. The Balaban J connectivity index is 0.858. The van der Waals surface area contributed by atoms with Crippen LogP contribution in [0.2, 0.25) is 0 Å². The Hall–Kier alpha value is -6.41. The third-order valence-corrected chi connectivity index (χ3v) is 11.0. The molecule has 4 amide bonds. The number of fused-ring (bicyclic) bond motifs is 1. The molecule has 0 radical (unpaired) electrons. The summed E-state index contributed by atoms with van der Waals surface area (Å²) >= 11 is 0. The van der Waals surface area contributed by atoms with Crippen molar-refractivity contribution < 1.29 is 18.9 Å². The highest BCUT2D eigenvalue weighted by molar-refractivity contribution is 6.05. The summed E-state index contributed by atoms with van der Waals surface area (Å²) in [5.41, 5.74) is 9.50. The quantitative estimate of drug-likeness (QED) is 0.138. The third kappa shape index (κ3) is 8.19. The van der Waals surface area contributed by atoms with E-state index in [0.29, 0.717) is 24.5 Å². The topological polar surface area (TPSA) is 165 Å². The molecule has 2 aliphatic rings. The molecule has 2 fully saturated rings. The van der Waals surface area contributed by atoms with E-state index < -0.39 is 0 Å². The molecular weight excluding hydrogens is 733 g/mol. The molecule has 0 aliphatic carbocycles. The number of piperazine rings is 1. The van der Waals surface area contributed by atoms with E-state index in [1.165, 1.54) is 5.56 Å². The predicted molar refractivity (Wildman–Crippen MR) is 223 cm³/mol. The lowest BCUT2D eigenvalue weighted by atomic mass is 9.97. The maximum absolute atomic E-state index is 12.9. The van der Waals surface area contributed by atoms with Crippen molar-refractivity contribution in [1.82, 2.24) is 40.9 Å². The minimum absolute atomic E-state index is 0.0212. The Morgan fingerprint density at radius 3 is 2.31 bits per heavy atom. The number of hydrogen-bond acceptors (Lipinski definition) is 10. The van der Waals surface area contributed by atoms with Gasteiger partial charge in [0.2, 0.25) is 11.8 Å². The van der Waals surface area contributed by atoms with Gasteiger partial charge in [-0.15, -0.1) is 0 Å². The summed E-state index contributed by atoms with van der Waals surface area (Å²) in [6.07, 6.45) is 3.15. The summed E-state index contributed by atoms with van der Waals surface area (Å²) in [4.78, 5) is 52.1. The smallest absolute Gasteiger partial charge is 0.328 e. The first kappa shape index (κ1) is 38.5. The molecule has 0 spiro atoms. The van der Waals surface area contributed by atoms with Crippen molar-refractivity contribution >= 4 is 40.3 Å². The summed E-state index contributed by atoms with van der Waals surface area (Å²) in [5, 5.41) is 17.9. The number of imide groups is 1. The highest BCUT2D eigenvalue weighted by Gasteiger charge is 2.26. The van der Waals surface area contributed by atoms with Crippen molar-refractivity contribution in [2.24, 2.45) is 0 Å². The Morgan fingerprint density at radius 1 is 0.897 bits per heavy atom. The molecule has 3 N–H and O–H groups in total. The molecular formula is C44H48N10O4. The van der Waals surface area contributed by atoms with Crippen LogP contribution in [0.4, 0.5) is 16.2 Å². The Kier molecular flexibility index (Phi) is 10.5. The largest absolute Gasteiger partial charge is 0.369 e. The van der Waals surface area contributed by atoms with E-state index in [0.717, 1.165) is 89.4 Å². The average molecular weight is 781 g/mol. The molecule has 1 unspecified atom stereocenters. The minimum Gasteiger partial charge on any atom is -0.369 e. The van der Waals surface area contributed by atoms with Gasteiger partial charge in [-0.25, -0.2) is 9.78 Å². The fraction of sp³-hybridized carbons (Fsp3) is 0.341. The van der Waals surface area contributed by atoms with Crippen LogP contribution in [0.1, 0.15) is 73.4 Å². The van der Waals surface area contributed by atoms with E-state index in [1.807, 2.05) is 65.1 Å². The fourth-order valence-corrected chi connectivity index (χ4v) is 7.59. The number of nitrogens with zero attached hydrogens (tertiary/aromatic N) is 7. The lowest BCUT2D eigenvalue weighted by Gasteiger charge is -2.36. The van der Waals surface area contributed by atoms with Gasteiger partial charge in [0.15, 0.2) is 5.65 Å². The zero-order valence-electron chi connectivity index (χ0n) is 33.5. The molecule has 14 heteroatoms. The lowest BCUT2D eigenvalue weighted by Crippen LogP contribution is -2.49. The molecule has 14 nitrogen and oxygen atoms in total. The lowest BCUT2D eigenvalue weighted by molar-refractivity contribution is -0.120. The van der Waals surface area contributed by atoms with Crippen LogP contribution in [-0.4, -0.2) is 87.3 Å². The Morgan fingerprint density at radius 2 is 1.62 bits per heavy atom. The molecule has 8 rings (SSSR count). The highest BCUT2D eigenvalue weighted by atomic mass is 16.5. The number of urea groups is 1. The van der Waals surface area contributed by atoms with Crippen molar-refractivity contribution in [1.29, 1.82) is 0 Å². The first-order valence-electron chi connectivity index (χ1n) is 19.8. The van der Waals surface area contributed by atoms with Crippen LogP contribution in [0.15, 0.2) is 83.5 Å². The van der Waals surface area contributed by atoms with Crippen molar-refractivity contribution in [2.45, 2.75) is 58.9 Å². The molecule has 1 atom stereocenters. The molecule has 3 aromatic carbocycles. The first-order chi connectivity index (χ1) is 27.9. The second-order valence-corrected chi connectivity index (χ2v) is 16.2. The van der Waals surface area contributed by atoms with Crippen molar-refractivity contribution in [3.8, 4) is 22.4 Å². The van der Waals surface area contributed by atoms with Crippen LogP contribution < -0.4 is 20.4 Å². The molecule has 58 heavy (non-hydrogen) atoms. The van der Waals surface area contributed by atoms with E-state index >= 15 is 0 Å². The van der Waals surface area contributed by atoms with E-state index in [1.54, 1.807) is 4.90 Å². The average Bonchev–Trinajstić information content (AvgIpc) is 3.89. The van der Waals surface area contributed by atoms with Crippen molar-refractivity contribution in [3.63, 3.8) is 0 Å². The van der Waals surface area contributed by atoms with Crippen LogP contribution >= 0.6 is 0 Å². The number of aromatic amines is 1. The van der Waals surface area contributed by atoms with Gasteiger partial charge >= 0.3 is 6.03 Å². The van der Waals surface area contributed by atoms with Crippen LogP contribution in [0.25, 0.3) is 33.4 Å². The maximum atomic E-state index is 12.9. The summed E-state index contributed by atoms with van der Waals surface area (Å²) in [7, 11) is 0. The number of aromatic nitrogens is 5. The van der Waals surface area contributed by atoms with Gasteiger partial charge in [0.05, 0.1) is 11.7 Å². The van der Waals surface area contributed by atoms with E-state index in [4.69, 9.17) is 4.52 Å². The maximum Gasteiger partial charge on any atom is 0.328 e. The number of rotatable bonds is 10. The fourth-order valence-electron chi connectivity index (χ4n) is 7.59. The number of carbonyl (C=O) groups excluding carboxylic acids is 3. The number of hydrogen-bond donors (Lipinski definition) is 3. The monoisotopic (exact) mass is 780 g/mol. The third-order valence-electron chi connectivity index (χ3n) is 11.0. The second-order valence-electron chi connectivity index (χ2n) is 16.2. The number of carbonyl (C=O) groups is 3. The zero-order valence-corrected chi connectivity index (χ0v) is 33.5. The molecule has 2 saturated heterocycles. The van der Waals surface area contributed by atoms with Gasteiger partial charge in [0.25, 0.3) is 11.7 Å². The zero-order chi connectivity index (χ0) is 40.6. The summed E-state index contributed by atoms with van der Waals surface area (Å²) < 4.78 is 5.30. The Bertz CT molecular complexity index is 2460. The van der Waals surface area contributed by atoms with Crippen LogP contribution in [0.3, 0.4) is 0 Å². The molecule has 298 valence electrons. The number of H-pyrrole nitrogens is 1. The molecule has 0 saturated carbocycles. The van der Waals surface area contributed by atoms with Gasteiger partial charge in [-0.2, -0.15) is 10.1 Å². The minimum atomic E-state index is -0.385. The number of aryl methyl sites for hydroxylation is 1. The van der Waals surface area contributed by atoms with Crippen LogP contribution in [0.5, 0.6) is 0 Å². The van der Waals surface area contributed by atoms with Gasteiger partial charge in [-0.05, 0) is 78.9 Å². The van der Waals surface area contributed by atoms with Gasteiger partial charge in [-0.3, -0.25) is 29.8 Å². The van der Waals surface area contributed by atoms with Crippen LogP contribution in [-0.2, 0) is 16.6 Å². The number of nitrogens with one attached hydrogen (secondary N) is 3. The van der Waals surface area contributed by atoms with Crippen LogP contribution in [0, 0.1) is 6.92 Å². The first-order valence-corrected chi connectivity index (χ1v) is 19.8. The standard InChI is InChI=1S/C44H48N10O4/c1-27-24-31(10-15-35(27)28(2)46-41(56)40-48-42(58-51-40)44(3,4)5)38-36-25-32(26-45-39(36)50-49-38)30-8-6-29(7-9-30)16-18-52-20-22-53(23-21-52)33-11-13-34(14-12-33)54-19-17-37(55)47-43(54)57/h6-15,24-26,28H,16-23H2,1-5H3,(H,46,56)(H,45,49,50)(H,47,55,57). The van der Waals surface area contributed by atoms with Crippen molar-refractivity contribution in [2.75, 3.05) is 49.1 Å². The molecule has 6 aromatic rings. The molecule has 5 heterocycles. The molecule has 0 bridgehead atoms. The normalized spacial score (nSPS) is 15.8. The van der Waals surface area contributed by atoms with E-state index in [-0.39, 0.29) is 35.1 Å². The molecule has 2 aliphatic heterocycles. The van der Waals surface area contributed by atoms with E-state index in [2.05, 4.69) is 94.3 Å². The van der Waals surface area contributed by atoms with Gasteiger partial charge in [0.1, 0.15) is 0 Å². The van der Waals surface area contributed by atoms with Gasteiger partial charge < -0.3 is 14.7 Å². The number of benzene rings is 3. The second kappa shape index (κ2) is 15.9. The highest BCUT2D eigenvalue weighted by Crippen LogP contribution is 2.32. The predicted octanol–water partition coefficient (Wildman–Crippen LogP) is 6.58. The SMILES string of the molecule is Cc1cc(-c2[nH]nc3ncc(-c4ccc(CCN5CCN(c6ccc(N7CCC(=O)NC7=O)cc6)CC5)cc4)cc23)ccc1C(C)NC(=O)c1noc(C(C)(C)C)n1. The van der Waals surface area contributed by atoms with Gasteiger partial charge in [-0.1, -0.05) is 62.3 Å². The summed E-state index contributed by atoms with van der Waals surface area (Å²) in [6.45, 7) is 15.1. The number of amides is 4. The Labute approximate surface area is 337 Å². The summed E-state index contributed by atoms with van der Waals surface area (Å²) in [5.74, 6) is -0.174.